The lowest BCUT2D eigenvalue weighted by molar-refractivity contribution is -0.137. The summed E-state index contributed by atoms with van der Waals surface area (Å²) in [6.07, 6.45) is -0.780. The Hall–Kier alpha value is -1.99. The van der Waals surface area contributed by atoms with E-state index >= 15 is 0 Å². The molecule has 2 heterocycles. The predicted octanol–water partition coefficient (Wildman–Crippen LogP) is 3.59. The van der Waals surface area contributed by atoms with Gasteiger partial charge in [-0.05, 0) is 39.7 Å². The van der Waals surface area contributed by atoms with Gasteiger partial charge in [0.1, 0.15) is 5.60 Å². The summed E-state index contributed by atoms with van der Waals surface area (Å²) in [7, 11) is 0. The fourth-order valence-corrected chi connectivity index (χ4v) is 3.24. The van der Waals surface area contributed by atoms with Crippen molar-refractivity contribution in [3.8, 4) is 0 Å². The normalized spacial score (nSPS) is 22.2. The molecule has 25 heavy (non-hydrogen) atoms. The minimum Gasteiger partial charge on any atom is -0.444 e. The van der Waals surface area contributed by atoms with E-state index in [1.165, 1.54) is 6.20 Å². The molecule has 138 valence electrons. The van der Waals surface area contributed by atoms with Crippen molar-refractivity contribution in [2.24, 2.45) is 5.41 Å². The molecule has 2 aliphatic rings. The van der Waals surface area contributed by atoms with Gasteiger partial charge in [-0.1, -0.05) is 0 Å². The summed E-state index contributed by atoms with van der Waals surface area (Å²) in [5.74, 6) is 0. The number of nitrogens with one attached hydrogen (secondary N) is 1. The van der Waals surface area contributed by atoms with E-state index in [0.29, 0.717) is 18.8 Å². The van der Waals surface area contributed by atoms with Gasteiger partial charge in [-0.25, -0.2) is 4.79 Å². The number of nitrogens with zero attached hydrogens (tertiary/aromatic N) is 2. The van der Waals surface area contributed by atoms with Crippen molar-refractivity contribution in [2.45, 2.75) is 51.4 Å². The van der Waals surface area contributed by atoms with Crippen molar-refractivity contribution < 1.29 is 22.7 Å². The number of alkyl halides is 3. The van der Waals surface area contributed by atoms with Crippen LogP contribution in [0.15, 0.2) is 18.5 Å². The highest BCUT2D eigenvalue weighted by molar-refractivity contribution is 5.69. The predicted molar refractivity (Wildman–Crippen MR) is 86.3 cm³/mol. The molecule has 0 aromatic carbocycles. The van der Waals surface area contributed by atoms with E-state index in [1.807, 2.05) is 4.90 Å². The highest BCUT2D eigenvalue weighted by Gasteiger charge is 2.56. The second-order valence-electron chi connectivity index (χ2n) is 7.87. The molecule has 1 aliphatic heterocycles. The summed E-state index contributed by atoms with van der Waals surface area (Å²) in [5.41, 5.74) is -1.01. The summed E-state index contributed by atoms with van der Waals surface area (Å²) >= 11 is 0. The molecule has 5 nitrogen and oxygen atoms in total. The SMILES string of the molecule is CC(C)(C)OC(=O)N[C@H]1CN(c2cncc(C(F)(F)F)c2)CC12CC2. The summed E-state index contributed by atoms with van der Waals surface area (Å²) < 4.78 is 44.0. The summed E-state index contributed by atoms with van der Waals surface area (Å²) in [5, 5.41) is 2.89. The Morgan fingerprint density at radius 1 is 1.32 bits per heavy atom. The molecule has 8 heteroatoms. The molecule has 1 atom stereocenters. The third kappa shape index (κ3) is 3.99. The number of amides is 1. The van der Waals surface area contributed by atoms with E-state index < -0.39 is 23.4 Å². The third-order valence-corrected chi connectivity index (χ3v) is 4.65. The van der Waals surface area contributed by atoms with Crippen molar-refractivity contribution in [3.05, 3.63) is 24.0 Å². The second-order valence-corrected chi connectivity index (χ2v) is 7.87. The number of hydrogen-bond acceptors (Lipinski definition) is 4. The number of carbonyl (C=O) groups is 1. The van der Waals surface area contributed by atoms with Crippen molar-refractivity contribution >= 4 is 11.8 Å². The minimum absolute atomic E-state index is 0.0782. The van der Waals surface area contributed by atoms with Gasteiger partial charge in [0, 0.05) is 24.7 Å². The van der Waals surface area contributed by atoms with Gasteiger partial charge in [0.25, 0.3) is 0 Å². The van der Waals surface area contributed by atoms with Crippen LogP contribution in [0.1, 0.15) is 39.2 Å². The molecule has 1 spiro atoms. The van der Waals surface area contributed by atoms with Gasteiger partial charge in [-0.3, -0.25) is 4.98 Å². The lowest BCUT2D eigenvalue weighted by Crippen LogP contribution is -2.44. The van der Waals surface area contributed by atoms with E-state index in [4.69, 9.17) is 4.74 Å². The van der Waals surface area contributed by atoms with Crippen LogP contribution in [0.4, 0.5) is 23.7 Å². The lowest BCUT2D eigenvalue weighted by atomic mass is 10.0. The van der Waals surface area contributed by atoms with Gasteiger partial charge < -0.3 is 15.0 Å². The molecule has 1 aliphatic carbocycles. The topological polar surface area (TPSA) is 54.5 Å². The number of rotatable bonds is 2. The largest absolute Gasteiger partial charge is 0.444 e. The molecule has 0 unspecified atom stereocenters. The number of alkyl carbamates (subject to hydrolysis) is 1. The smallest absolute Gasteiger partial charge is 0.417 e. The maximum Gasteiger partial charge on any atom is 0.417 e. The van der Waals surface area contributed by atoms with Gasteiger partial charge in [0.15, 0.2) is 0 Å². The standard InChI is InChI=1S/C17H22F3N3O2/c1-15(2,3)25-14(24)22-13-9-23(10-16(13)4-5-16)12-6-11(7-21-8-12)17(18,19)20/h6-8,13H,4-5,9-10H2,1-3H3,(H,22,24)/t13-/m0/s1. The molecule has 1 aromatic rings. The monoisotopic (exact) mass is 357 g/mol. The molecule has 0 radical (unpaired) electrons. The van der Waals surface area contributed by atoms with E-state index in [2.05, 4.69) is 10.3 Å². The molecule has 1 amide bonds. The highest BCUT2D eigenvalue weighted by atomic mass is 19.4. The molecule has 2 fully saturated rings. The van der Waals surface area contributed by atoms with Crippen LogP contribution in [-0.2, 0) is 10.9 Å². The number of ether oxygens (including phenoxy) is 1. The lowest BCUT2D eigenvalue weighted by Gasteiger charge is -2.24. The fraction of sp³-hybridized carbons (Fsp3) is 0.647. The van der Waals surface area contributed by atoms with Gasteiger partial charge in [-0.2, -0.15) is 13.2 Å². The summed E-state index contributed by atoms with van der Waals surface area (Å²) in [4.78, 5) is 17.6. The van der Waals surface area contributed by atoms with Crippen molar-refractivity contribution in [1.29, 1.82) is 0 Å². The zero-order valence-electron chi connectivity index (χ0n) is 14.5. The molecular weight excluding hydrogens is 335 g/mol. The first-order valence-electron chi connectivity index (χ1n) is 8.25. The van der Waals surface area contributed by atoms with Crippen LogP contribution >= 0.6 is 0 Å². The van der Waals surface area contributed by atoms with Crippen LogP contribution in [0.3, 0.4) is 0 Å². The number of halogens is 3. The Bertz CT molecular complexity index is 666. The van der Waals surface area contributed by atoms with E-state index in [0.717, 1.165) is 25.1 Å². The first-order chi connectivity index (χ1) is 11.5. The first kappa shape index (κ1) is 17.8. The van der Waals surface area contributed by atoms with E-state index in [9.17, 15) is 18.0 Å². The number of pyridine rings is 1. The molecular formula is C17H22F3N3O2. The average Bonchev–Trinajstić information content (AvgIpc) is 3.15. The van der Waals surface area contributed by atoms with E-state index in [1.54, 1.807) is 20.8 Å². The number of carbonyl (C=O) groups excluding carboxylic acids is 1. The summed E-state index contributed by atoms with van der Waals surface area (Å²) in [6, 6.07) is 0.968. The molecule has 1 N–H and O–H groups in total. The number of hydrogen-bond donors (Lipinski definition) is 1. The Labute approximate surface area is 144 Å². The number of aromatic nitrogens is 1. The number of anilines is 1. The zero-order valence-corrected chi connectivity index (χ0v) is 14.5. The van der Waals surface area contributed by atoms with Gasteiger partial charge in [0.2, 0.25) is 0 Å². The van der Waals surface area contributed by atoms with Crippen LogP contribution in [0.5, 0.6) is 0 Å². The molecule has 1 saturated carbocycles. The minimum atomic E-state index is -4.42. The van der Waals surface area contributed by atoms with Gasteiger partial charge in [0.05, 0.1) is 23.5 Å². The molecule has 1 saturated heterocycles. The second kappa shape index (κ2) is 5.78. The van der Waals surface area contributed by atoms with Crippen LogP contribution in [-0.4, -0.2) is 35.8 Å². The van der Waals surface area contributed by atoms with E-state index in [-0.39, 0.29) is 11.5 Å². The van der Waals surface area contributed by atoms with Crippen molar-refractivity contribution in [2.75, 3.05) is 18.0 Å². The molecule has 1 aromatic heterocycles. The third-order valence-electron chi connectivity index (χ3n) is 4.65. The summed E-state index contributed by atoms with van der Waals surface area (Å²) in [6.45, 7) is 6.41. The quantitative estimate of drug-likeness (QED) is 0.879. The van der Waals surface area contributed by atoms with Crippen LogP contribution < -0.4 is 10.2 Å². The maximum absolute atomic E-state index is 12.9. The highest BCUT2D eigenvalue weighted by Crippen LogP contribution is 2.53. The molecule has 3 rings (SSSR count). The zero-order chi connectivity index (χ0) is 18.5. The van der Waals surface area contributed by atoms with Gasteiger partial charge in [-0.15, -0.1) is 0 Å². The van der Waals surface area contributed by atoms with Crippen molar-refractivity contribution in [3.63, 3.8) is 0 Å². The van der Waals surface area contributed by atoms with Crippen molar-refractivity contribution in [1.82, 2.24) is 10.3 Å². The fourth-order valence-electron chi connectivity index (χ4n) is 3.24. The van der Waals surface area contributed by atoms with Gasteiger partial charge >= 0.3 is 12.3 Å². The van der Waals surface area contributed by atoms with Crippen LogP contribution in [0, 0.1) is 5.41 Å². The Kier molecular flexibility index (Phi) is 4.12. The Morgan fingerprint density at radius 2 is 2.00 bits per heavy atom. The Morgan fingerprint density at radius 3 is 2.56 bits per heavy atom. The Balaban J connectivity index is 1.72. The van der Waals surface area contributed by atoms with Crippen LogP contribution in [0.2, 0.25) is 0 Å². The molecule has 0 bridgehead atoms. The maximum atomic E-state index is 12.9. The average molecular weight is 357 g/mol. The first-order valence-corrected chi connectivity index (χ1v) is 8.25. The van der Waals surface area contributed by atoms with Crippen LogP contribution in [0.25, 0.3) is 0 Å².